The van der Waals surface area contributed by atoms with Crippen LogP contribution in [-0.4, -0.2) is 37.7 Å². The Morgan fingerprint density at radius 3 is 3.04 bits per heavy atom. The molecule has 4 rings (SSSR count). The molecular weight excluding hydrogens is 328 g/mol. The lowest BCUT2D eigenvalue weighted by molar-refractivity contribution is 0.246. The summed E-state index contributed by atoms with van der Waals surface area (Å²) in [6.07, 6.45) is 6.93. The summed E-state index contributed by atoms with van der Waals surface area (Å²) < 4.78 is 1.83. The maximum absolute atomic E-state index is 12.3. The van der Waals surface area contributed by atoms with Crippen LogP contribution < -0.4 is 10.6 Å². The van der Waals surface area contributed by atoms with Crippen molar-refractivity contribution >= 4 is 22.5 Å². The third-order valence-corrected chi connectivity index (χ3v) is 5.47. The molecule has 1 fully saturated rings. The molecular formula is C15H20N6O2S. The van der Waals surface area contributed by atoms with E-state index in [1.54, 1.807) is 6.20 Å². The van der Waals surface area contributed by atoms with E-state index in [4.69, 9.17) is 5.11 Å². The van der Waals surface area contributed by atoms with E-state index in [1.165, 1.54) is 24.2 Å². The Hall–Kier alpha value is -2.00. The van der Waals surface area contributed by atoms with Crippen LogP contribution in [0.4, 0.5) is 9.93 Å². The summed E-state index contributed by atoms with van der Waals surface area (Å²) in [7, 11) is 0. The van der Waals surface area contributed by atoms with Crippen LogP contribution in [0.15, 0.2) is 6.20 Å². The van der Waals surface area contributed by atoms with Crippen molar-refractivity contribution in [1.29, 1.82) is 0 Å². The molecule has 2 aliphatic rings. The number of carbonyl (C=O) groups excluding carboxylic acids is 1. The fourth-order valence-electron chi connectivity index (χ4n) is 3.13. The molecule has 2 aliphatic carbocycles. The zero-order chi connectivity index (χ0) is 16.5. The van der Waals surface area contributed by atoms with Gasteiger partial charge in [-0.25, -0.2) is 4.79 Å². The number of urea groups is 1. The third kappa shape index (κ3) is 3.13. The molecule has 0 bridgehead atoms. The molecule has 8 nitrogen and oxygen atoms in total. The largest absolute Gasteiger partial charge is 0.394 e. The Kier molecular flexibility index (Phi) is 4.19. The number of aliphatic hydroxyl groups is 1. The van der Waals surface area contributed by atoms with Gasteiger partial charge in [-0.05, 0) is 32.1 Å². The van der Waals surface area contributed by atoms with E-state index in [9.17, 15) is 4.79 Å². The van der Waals surface area contributed by atoms with Gasteiger partial charge in [-0.3, -0.25) is 10.00 Å². The molecule has 1 unspecified atom stereocenters. The highest BCUT2D eigenvalue weighted by Crippen LogP contribution is 2.42. The maximum atomic E-state index is 12.3. The number of hydrogen-bond acceptors (Lipinski definition) is 6. The highest BCUT2D eigenvalue weighted by Gasteiger charge is 2.28. The smallest absolute Gasteiger partial charge is 0.321 e. The molecule has 2 aromatic rings. The molecule has 2 heterocycles. The number of aromatic nitrogens is 4. The van der Waals surface area contributed by atoms with Gasteiger partial charge in [0.05, 0.1) is 25.4 Å². The predicted octanol–water partition coefficient (Wildman–Crippen LogP) is 1.80. The fourth-order valence-corrected chi connectivity index (χ4v) is 4.04. The van der Waals surface area contributed by atoms with Gasteiger partial charge in [0.15, 0.2) is 0 Å². The Morgan fingerprint density at radius 2 is 2.25 bits per heavy atom. The Balaban J connectivity index is 1.40. The number of anilines is 1. The molecule has 1 saturated carbocycles. The summed E-state index contributed by atoms with van der Waals surface area (Å²) in [5.74, 6) is 0.541. The number of fused-ring (bicyclic) bond motifs is 1. The number of nitrogens with one attached hydrogen (secondary N) is 2. The van der Waals surface area contributed by atoms with Crippen molar-refractivity contribution in [1.82, 2.24) is 25.3 Å². The zero-order valence-corrected chi connectivity index (χ0v) is 14.1. The Labute approximate surface area is 143 Å². The number of amides is 2. The first kappa shape index (κ1) is 15.5. The van der Waals surface area contributed by atoms with E-state index >= 15 is 0 Å². The van der Waals surface area contributed by atoms with E-state index in [2.05, 4.69) is 25.9 Å². The maximum Gasteiger partial charge on any atom is 0.321 e. The molecule has 128 valence electrons. The lowest BCUT2D eigenvalue weighted by Crippen LogP contribution is -2.34. The van der Waals surface area contributed by atoms with Crippen LogP contribution in [0.25, 0.3) is 0 Å². The SMILES string of the molecule is O=C(Nc1nnc(C2CC2)s1)NC1CCCc2c1cnn2CCO. The lowest BCUT2D eigenvalue weighted by Gasteiger charge is -2.24. The molecule has 24 heavy (non-hydrogen) atoms. The van der Waals surface area contributed by atoms with Crippen LogP contribution in [0.1, 0.15) is 53.9 Å². The lowest BCUT2D eigenvalue weighted by atomic mass is 9.93. The van der Waals surface area contributed by atoms with Crippen molar-refractivity contribution in [3.63, 3.8) is 0 Å². The summed E-state index contributed by atoms with van der Waals surface area (Å²) >= 11 is 1.45. The average molecular weight is 348 g/mol. The molecule has 3 N–H and O–H groups in total. The zero-order valence-electron chi connectivity index (χ0n) is 13.2. The van der Waals surface area contributed by atoms with Gasteiger partial charge in [0.25, 0.3) is 0 Å². The van der Waals surface area contributed by atoms with Crippen molar-refractivity contribution in [2.24, 2.45) is 0 Å². The second kappa shape index (κ2) is 6.48. The van der Waals surface area contributed by atoms with Crippen molar-refractivity contribution < 1.29 is 9.90 Å². The van der Waals surface area contributed by atoms with E-state index in [-0.39, 0.29) is 18.7 Å². The average Bonchev–Trinajstić information content (AvgIpc) is 3.18. The minimum Gasteiger partial charge on any atom is -0.394 e. The number of aliphatic hydroxyl groups excluding tert-OH is 1. The monoisotopic (exact) mass is 348 g/mol. The van der Waals surface area contributed by atoms with E-state index in [0.717, 1.165) is 35.5 Å². The van der Waals surface area contributed by atoms with Gasteiger partial charge in [0, 0.05) is 17.2 Å². The second-order valence-corrected chi connectivity index (χ2v) is 7.27. The van der Waals surface area contributed by atoms with Crippen molar-refractivity contribution in [2.45, 2.75) is 50.6 Å². The molecule has 9 heteroatoms. The summed E-state index contributed by atoms with van der Waals surface area (Å²) in [5.41, 5.74) is 2.15. The van der Waals surface area contributed by atoms with Gasteiger partial charge in [-0.2, -0.15) is 5.10 Å². The van der Waals surface area contributed by atoms with Gasteiger partial charge in [-0.1, -0.05) is 11.3 Å². The summed E-state index contributed by atoms with van der Waals surface area (Å²) in [4.78, 5) is 12.3. The Morgan fingerprint density at radius 1 is 1.38 bits per heavy atom. The number of rotatable bonds is 5. The second-order valence-electron chi connectivity index (χ2n) is 6.26. The summed E-state index contributed by atoms with van der Waals surface area (Å²) in [5, 5.41) is 28.9. The molecule has 0 spiro atoms. The molecule has 2 aromatic heterocycles. The Bertz CT molecular complexity index is 738. The van der Waals surface area contributed by atoms with Gasteiger partial charge >= 0.3 is 6.03 Å². The van der Waals surface area contributed by atoms with Crippen molar-refractivity contribution in [3.05, 3.63) is 22.5 Å². The van der Waals surface area contributed by atoms with Crippen LogP contribution in [-0.2, 0) is 13.0 Å². The van der Waals surface area contributed by atoms with Crippen LogP contribution in [0.3, 0.4) is 0 Å². The normalized spacial score (nSPS) is 19.8. The molecule has 1 atom stereocenters. The molecule has 2 amide bonds. The number of carbonyl (C=O) groups is 1. The predicted molar refractivity (Wildman–Crippen MR) is 89.0 cm³/mol. The van der Waals surface area contributed by atoms with E-state index < -0.39 is 0 Å². The first-order valence-electron chi connectivity index (χ1n) is 8.31. The van der Waals surface area contributed by atoms with Gasteiger partial charge in [0.2, 0.25) is 5.13 Å². The first-order chi connectivity index (χ1) is 11.7. The number of nitrogens with zero attached hydrogens (tertiary/aromatic N) is 4. The summed E-state index contributed by atoms with van der Waals surface area (Å²) in [6.45, 7) is 0.552. The molecule has 0 radical (unpaired) electrons. The first-order valence-corrected chi connectivity index (χ1v) is 9.12. The third-order valence-electron chi connectivity index (χ3n) is 4.47. The summed E-state index contributed by atoms with van der Waals surface area (Å²) in [6, 6.07) is -0.321. The fraction of sp³-hybridized carbons (Fsp3) is 0.600. The van der Waals surface area contributed by atoms with Crippen LogP contribution in [0.5, 0.6) is 0 Å². The molecule has 0 saturated heterocycles. The number of hydrogen-bond donors (Lipinski definition) is 3. The molecule has 0 aromatic carbocycles. The highest BCUT2D eigenvalue weighted by molar-refractivity contribution is 7.15. The van der Waals surface area contributed by atoms with Crippen LogP contribution in [0, 0.1) is 0 Å². The van der Waals surface area contributed by atoms with Crippen LogP contribution in [0.2, 0.25) is 0 Å². The van der Waals surface area contributed by atoms with Gasteiger partial charge in [0.1, 0.15) is 5.01 Å². The molecule has 0 aliphatic heterocycles. The topological polar surface area (TPSA) is 105 Å². The quantitative estimate of drug-likeness (QED) is 0.764. The van der Waals surface area contributed by atoms with Gasteiger partial charge in [-0.15, -0.1) is 10.2 Å². The van der Waals surface area contributed by atoms with Crippen molar-refractivity contribution in [3.8, 4) is 0 Å². The minimum absolute atomic E-state index is 0.0583. The van der Waals surface area contributed by atoms with Gasteiger partial charge < -0.3 is 10.4 Å². The highest BCUT2D eigenvalue weighted by atomic mass is 32.1. The van der Waals surface area contributed by atoms with Crippen LogP contribution >= 0.6 is 11.3 Å². The standard InChI is InChI=1S/C15H20N6O2S/c22-7-6-21-12-3-1-2-11(10(12)8-16-21)17-14(23)18-15-20-19-13(24-15)9-4-5-9/h8-9,11,22H,1-7H2,(H2,17,18,20,23). The van der Waals surface area contributed by atoms with E-state index in [1.807, 2.05) is 4.68 Å². The minimum atomic E-state index is -0.263. The van der Waals surface area contributed by atoms with E-state index in [0.29, 0.717) is 17.6 Å². The van der Waals surface area contributed by atoms with Crippen molar-refractivity contribution in [2.75, 3.05) is 11.9 Å².